The molecule has 0 radical (unpaired) electrons. The molecule has 0 heterocycles. The number of nitrogens with one attached hydrogen (secondary N) is 1. The van der Waals surface area contributed by atoms with Crippen LogP contribution < -0.4 is 5.32 Å². The van der Waals surface area contributed by atoms with Gasteiger partial charge in [-0.1, -0.05) is 27.7 Å². The average Bonchev–Trinajstić information content (AvgIpc) is 2.52. The van der Waals surface area contributed by atoms with Crippen molar-refractivity contribution in [3.8, 4) is 0 Å². The number of hydrogen-bond acceptors (Lipinski definition) is 4. The van der Waals surface area contributed by atoms with Crippen molar-refractivity contribution in [2.75, 3.05) is 23.4 Å². The van der Waals surface area contributed by atoms with E-state index in [-0.39, 0.29) is 12.5 Å². The Morgan fingerprint density at radius 1 is 1.05 bits per heavy atom. The molecule has 2 aromatic rings. The number of hydrogen-bond donors (Lipinski definition) is 2. The number of halogens is 1. The second-order valence-electron chi connectivity index (χ2n) is 4.40. The molecule has 0 aliphatic carbocycles. The van der Waals surface area contributed by atoms with Crippen LogP contribution in [0.2, 0.25) is 0 Å². The summed E-state index contributed by atoms with van der Waals surface area (Å²) in [4.78, 5) is 14.0. The highest BCUT2D eigenvalue weighted by atomic mass is 79.9. The summed E-state index contributed by atoms with van der Waals surface area (Å²) in [5.74, 6) is 0.887. The minimum atomic E-state index is -0.0493. The van der Waals surface area contributed by atoms with Crippen molar-refractivity contribution in [1.82, 2.24) is 0 Å². The average molecular weight is 398 g/mol. The fraction of sp³-hybridized carbons (Fsp3) is 0.188. The lowest BCUT2D eigenvalue weighted by molar-refractivity contribution is -0.113. The molecule has 3 nitrogen and oxygen atoms in total. The number of rotatable bonds is 7. The van der Waals surface area contributed by atoms with E-state index in [2.05, 4.69) is 33.4 Å². The van der Waals surface area contributed by atoms with E-state index in [4.69, 9.17) is 5.11 Å². The van der Waals surface area contributed by atoms with Gasteiger partial charge in [0.15, 0.2) is 0 Å². The van der Waals surface area contributed by atoms with E-state index >= 15 is 0 Å². The minimum absolute atomic E-state index is 0.0493. The first-order chi connectivity index (χ1) is 10.7. The fourth-order valence-corrected chi connectivity index (χ4v) is 3.28. The Bertz CT molecular complexity index is 603. The summed E-state index contributed by atoms with van der Waals surface area (Å²) in [5, 5.41) is 11.5. The Morgan fingerprint density at radius 3 is 2.23 bits per heavy atom. The predicted octanol–water partition coefficient (Wildman–Crippen LogP) is 4.26. The summed E-state index contributed by atoms with van der Waals surface area (Å²) in [7, 11) is 0. The van der Waals surface area contributed by atoms with E-state index in [1.54, 1.807) is 11.8 Å². The minimum Gasteiger partial charge on any atom is -0.396 e. The third kappa shape index (κ3) is 6.04. The third-order valence-electron chi connectivity index (χ3n) is 2.66. The highest BCUT2D eigenvalue weighted by molar-refractivity contribution is 9.10. The molecule has 2 aromatic carbocycles. The number of benzene rings is 2. The maximum absolute atomic E-state index is 11.7. The van der Waals surface area contributed by atoms with Crippen LogP contribution in [0.3, 0.4) is 0 Å². The first-order valence-electron chi connectivity index (χ1n) is 6.69. The maximum atomic E-state index is 11.7. The summed E-state index contributed by atoms with van der Waals surface area (Å²) >= 11 is 6.51. The van der Waals surface area contributed by atoms with Crippen molar-refractivity contribution < 1.29 is 9.90 Å². The van der Waals surface area contributed by atoms with Crippen LogP contribution in [0.15, 0.2) is 62.8 Å². The lowest BCUT2D eigenvalue weighted by atomic mass is 10.3. The van der Waals surface area contributed by atoms with Crippen LogP contribution >= 0.6 is 39.5 Å². The topological polar surface area (TPSA) is 49.3 Å². The first-order valence-corrected chi connectivity index (χ1v) is 9.46. The second kappa shape index (κ2) is 9.25. The number of anilines is 1. The molecule has 0 aliphatic heterocycles. The molecule has 1 amide bonds. The van der Waals surface area contributed by atoms with Gasteiger partial charge in [-0.2, -0.15) is 0 Å². The van der Waals surface area contributed by atoms with Gasteiger partial charge in [0.1, 0.15) is 0 Å². The monoisotopic (exact) mass is 397 g/mol. The lowest BCUT2D eigenvalue weighted by Gasteiger charge is -2.06. The number of carbonyl (C=O) groups excluding carboxylic acids is 1. The highest BCUT2D eigenvalue weighted by Crippen LogP contribution is 2.29. The molecular formula is C16H16BrNO2S2. The van der Waals surface area contributed by atoms with Crippen LogP contribution in [-0.4, -0.2) is 29.1 Å². The van der Waals surface area contributed by atoms with Gasteiger partial charge in [0, 0.05) is 25.7 Å². The van der Waals surface area contributed by atoms with Gasteiger partial charge in [-0.25, -0.2) is 0 Å². The van der Waals surface area contributed by atoms with Gasteiger partial charge in [-0.05, 0) is 48.5 Å². The summed E-state index contributed by atoms with van der Waals surface area (Å²) < 4.78 is 1.06. The van der Waals surface area contributed by atoms with Crippen LogP contribution in [0.25, 0.3) is 0 Å². The van der Waals surface area contributed by atoms with Crippen molar-refractivity contribution in [1.29, 1.82) is 0 Å². The largest absolute Gasteiger partial charge is 0.396 e. The van der Waals surface area contributed by atoms with Crippen molar-refractivity contribution in [2.45, 2.75) is 9.79 Å². The summed E-state index contributed by atoms with van der Waals surface area (Å²) in [6.45, 7) is 0.0971. The SMILES string of the molecule is O=C(CSCCO)Nc1ccc(Sc2ccc(Br)cc2)cc1. The molecule has 0 atom stereocenters. The van der Waals surface area contributed by atoms with E-state index in [1.807, 2.05) is 36.4 Å². The van der Waals surface area contributed by atoms with Gasteiger partial charge in [-0.3, -0.25) is 4.79 Å². The molecule has 0 fully saturated rings. The molecule has 2 rings (SSSR count). The van der Waals surface area contributed by atoms with E-state index < -0.39 is 0 Å². The van der Waals surface area contributed by atoms with E-state index in [1.165, 1.54) is 16.7 Å². The quantitative estimate of drug-likeness (QED) is 0.685. The molecule has 6 heteroatoms. The van der Waals surface area contributed by atoms with Gasteiger partial charge in [0.05, 0.1) is 12.4 Å². The van der Waals surface area contributed by atoms with Crippen molar-refractivity contribution in [3.05, 3.63) is 53.0 Å². The third-order valence-corrected chi connectivity index (χ3v) is 5.14. The van der Waals surface area contributed by atoms with Gasteiger partial charge < -0.3 is 10.4 Å². The number of thioether (sulfide) groups is 1. The Hall–Kier alpha value is -0.950. The normalized spacial score (nSPS) is 10.5. The van der Waals surface area contributed by atoms with Crippen LogP contribution in [0.1, 0.15) is 0 Å². The lowest BCUT2D eigenvalue weighted by Crippen LogP contribution is -2.14. The summed E-state index contributed by atoms with van der Waals surface area (Å²) in [5.41, 5.74) is 0.787. The zero-order valence-electron chi connectivity index (χ0n) is 11.8. The molecule has 22 heavy (non-hydrogen) atoms. The second-order valence-corrected chi connectivity index (χ2v) is 7.57. The molecule has 116 valence electrons. The standard InChI is InChI=1S/C16H16BrNO2S2/c17-12-1-5-14(6-2-12)22-15-7-3-13(4-8-15)18-16(20)11-21-10-9-19/h1-8,19H,9-11H2,(H,18,20). The van der Waals surface area contributed by atoms with Crippen molar-refractivity contribution >= 4 is 51.0 Å². The smallest absolute Gasteiger partial charge is 0.234 e. The van der Waals surface area contributed by atoms with Gasteiger partial charge in [0.2, 0.25) is 5.91 Å². The first kappa shape index (κ1) is 17.4. The van der Waals surface area contributed by atoms with E-state index in [0.29, 0.717) is 11.5 Å². The van der Waals surface area contributed by atoms with Gasteiger partial charge in [0.25, 0.3) is 0 Å². The predicted molar refractivity (Wildman–Crippen MR) is 97.7 cm³/mol. The van der Waals surface area contributed by atoms with Crippen molar-refractivity contribution in [2.24, 2.45) is 0 Å². The molecule has 2 N–H and O–H groups in total. The number of carbonyl (C=O) groups is 1. The van der Waals surface area contributed by atoms with Crippen LogP contribution in [0.4, 0.5) is 5.69 Å². The van der Waals surface area contributed by atoms with Crippen LogP contribution in [0, 0.1) is 0 Å². The highest BCUT2D eigenvalue weighted by Gasteiger charge is 2.03. The Labute approximate surface area is 147 Å². The van der Waals surface area contributed by atoms with Gasteiger partial charge in [-0.15, -0.1) is 11.8 Å². The number of aliphatic hydroxyl groups excluding tert-OH is 1. The molecule has 0 saturated carbocycles. The molecule has 0 bridgehead atoms. The van der Waals surface area contributed by atoms with E-state index in [9.17, 15) is 4.79 Å². The fourth-order valence-electron chi connectivity index (χ4n) is 1.67. The Balaban J connectivity index is 1.87. The van der Waals surface area contributed by atoms with Crippen LogP contribution in [-0.2, 0) is 4.79 Å². The number of amides is 1. The van der Waals surface area contributed by atoms with Crippen LogP contribution in [0.5, 0.6) is 0 Å². The van der Waals surface area contributed by atoms with E-state index in [0.717, 1.165) is 15.1 Å². The summed E-state index contributed by atoms with van der Waals surface area (Å²) in [6.07, 6.45) is 0. The molecule has 0 unspecified atom stereocenters. The molecule has 0 aromatic heterocycles. The molecule has 0 saturated heterocycles. The van der Waals surface area contributed by atoms with Crippen molar-refractivity contribution in [3.63, 3.8) is 0 Å². The molecular weight excluding hydrogens is 382 g/mol. The van der Waals surface area contributed by atoms with Gasteiger partial charge >= 0.3 is 0 Å². The number of aliphatic hydroxyl groups is 1. The molecule has 0 aliphatic rings. The Kier molecular flexibility index (Phi) is 7.32. The maximum Gasteiger partial charge on any atom is 0.234 e. The zero-order chi connectivity index (χ0) is 15.8. The zero-order valence-corrected chi connectivity index (χ0v) is 15.0. The molecule has 0 spiro atoms. The Morgan fingerprint density at radius 2 is 1.64 bits per heavy atom. The summed E-state index contributed by atoms with van der Waals surface area (Å²) in [6, 6.07) is 15.9.